The molecule has 1 aliphatic rings. The number of aliphatic hydroxyl groups excluding tert-OH is 1. The molecule has 1 saturated heterocycles. The fraction of sp³-hybridized carbons (Fsp3) is 0.600. The number of ether oxygens (including phenoxy) is 1. The molecule has 1 aliphatic heterocycles. The third-order valence-corrected chi connectivity index (χ3v) is 4.40. The standard InChI is InChI=1S/C15H21BrClNO2/c1-11-10-18(6-2-8-20-11)7-5-15(19)13-4-3-12(16)9-14(13)17/h3-4,9,11,15,19H,2,5-8,10H2,1H3. The van der Waals surface area contributed by atoms with E-state index in [1.807, 2.05) is 18.2 Å². The van der Waals surface area contributed by atoms with Crippen LogP contribution in [0.25, 0.3) is 0 Å². The van der Waals surface area contributed by atoms with Gasteiger partial charge in [0, 0.05) is 35.7 Å². The minimum Gasteiger partial charge on any atom is -0.388 e. The largest absolute Gasteiger partial charge is 0.388 e. The normalized spacial score (nSPS) is 22.5. The summed E-state index contributed by atoms with van der Waals surface area (Å²) in [6.45, 7) is 5.76. The summed E-state index contributed by atoms with van der Waals surface area (Å²) in [7, 11) is 0. The maximum absolute atomic E-state index is 10.3. The van der Waals surface area contributed by atoms with Crippen LogP contribution in [0.5, 0.6) is 0 Å². The van der Waals surface area contributed by atoms with E-state index in [0.29, 0.717) is 11.4 Å². The highest BCUT2D eigenvalue weighted by Crippen LogP contribution is 2.28. The first-order chi connectivity index (χ1) is 9.56. The lowest BCUT2D eigenvalue weighted by Gasteiger charge is -2.23. The summed E-state index contributed by atoms with van der Waals surface area (Å²) in [6.07, 6.45) is 1.49. The summed E-state index contributed by atoms with van der Waals surface area (Å²) in [5.41, 5.74) is 0.800. The molecule has 0 aliphatic carbocycles. The first-order valence-electron chi connectivity index (χ1n) is 7.03. The maximum Gasteiger partial charge on any atom is 0.0816 e. The monoisotopic (exact) mass is 361 g/mol. The highest BCUT2D eigenvalue weighted by Gasteiger charge is 2.17. The SMILES string of the molecule is CC1CN(CCC(O)c2ccc(Br)cc2Cl)CCCO1. The van der Waals surface area contributed by atoms with Gasteiger partial charge in [-0.1, -0.05) is 33.6 Å². The fourth-order valence-corrected chi connectivity index (χ4v) is 3.31. The molecule has 1 heterocycles. The highest BCUT2D eigenvalue weighted by atomic mass is 79.9. The van der Waals surface area contributed by atoms with Crippen LogP contribution in [0.4, 0.5) is 0 Å². The van der Waals surface area contributed by atoms with Crippen molar-refractivity contribution in [1.29, 1.82) is 0 Å². The molecule has 3 nitrogen and oxygen atoms in total. The van der Waals surface area contributed by atoms with Gasteiger partial charge in [0.25, 0.3) is 0 Å². The molecule has 20 heavy (non-hydrogen) atoms. The maximum atomic E-state index is 10.3. The van der Waals surface area contributed by atoms with Crippen molar-refractivity contribution in [2.24, 2.45) is 0 Å². The fourth-order valence-electron chi connectivity index (χ4n) is 2.52. The van der Waals surface area contributed by atoms with Crippen molar-refractivity contribution >= 4 is 27.5 Å². The molecule has 2 atom stereocenters. The van der Waals surface area contributed by atoms with Crippen molar-refractivity contribution in [2.45, 2.75) is 32.0 Å². The molecule has 2 unspecified atom stereocenters. The Kier molecular flexibility index (Phi) is 6.30. The average molecular weight is 363 g/mol. The molecule has 0 amide bonds. The van der Waals surface area contributed by atoms with E-state index in [4.69, 9.17) is 16.3 Å². The number of benzene rings is 1. The van der Waals surface area contributed by atoms with Crippen molar-refractivity contribution in [1.82, 2.24) is 4.90 Å². The molecule has 5 heteroatoms. The molecular formula is C15H21BrClNO2. The van der Waals surface area contributed by atoms with Crippen LogP contribution in [0.3, 0.4) is 0 Å². The molecule has 0 bridgehead atoms. The van der Waals surface area contributed by atoms with E-state index < -0.39 is 6.10 Å². The molecule has 1 fully saturated rings. The molecule has 1 N–H and O–H groups in total. The Bertz CT molecular complexity index is 444. The quantitative estimate of drug-likeness (QED) is 0.887. The Balaban J connectivity index is 1.89. The van der Waals surface area contributed by atoms with Crippen molar-refractivity contribution < 1.29 is 9.84 Å². The Morgan fingerprint density at radius 1 is 1.55 bits per heavy atom. The summed E-state index contributed by atoms with van der Waals surface area (Å²) < 4.78 is 6.55. The summed E-state index contributed by atoms with van der Waals surface area (Å²) in [5.74, 6) is 0. The van der Waals surface area contributed by atoms with Gasteiger partial charge in [-0.15, -0.1) is 0 Å². The molecule has 0 radical (unpaired) electrons. The molecular weight excluding hydrogens is 342 g/mol. The van der Waals surface area contributed by atoms with Gasteiger partial charge in [-0.2, -0.15) is 0 Å². The second kappa shape index (κ2) is 7.76. The van der Waals surface area contributed by atoms with Crippen LogP contribution in [0.15, 0.2) is 22.7 Å². The topological polar surface area (TPSA) is 32.7 Å². The predicted octanol–water partition coefficient (Wildman–Crippen LogP) is 3.64. The van der Waals surface area contributed by atoms with Gasteiger partial charge in [-0.3, -0.25) is 0 Å². The lowest BCUT2D eigenvalue weighted by atomic mass is 10.1. The van der Waals surface area contributed by atoms with Gasteiger partial charge in [-0.25, -0.2) is 0 Å². The van der Waals surface area contributed by atoms with Crippen LogP contribution in [0.1, 0.15) is 31.4 Å². The third-order valence-electron chi connectivity index (χ3n) is 3.58. The van der Waals surface area contributed by atoms with Gasteiger partial charge in [0.2, 0.25) is 0 Å². The predicted molar refractivity (Wildman–Crippen MR) is 85.2 cm³/mol. The molecule has 0 spiro atoms. The molecule has 2 rings (SSSR count). The van der Waals surface area contributed by atoms with E-state index in [9.17, 15) is 5.11 Å². The van der Waals surface area contributed by atoms with Crippen LogP contribution in [0.2, 0.25) is 5.02 Å². The van der Waals surface area contributed by atoms with Crippen LogP contribution in [-0.4, -0.2) is 42.4 Å². The van der Waals surface area contributed by atoms with Crippen LogP contribution >= 0.6 is 27.5 Å². The van der Waals surface area contributed by atoms with Crippen molar-refractivity contribution in [3.63, 3.8) is 0 Å². The van der Waals surface area contributed by atoms with Gasteiger partial charge < -0.3 is 14.7 Å². The van der Waals surface area contributed by atoms with Crippen molar-refractivity contribution in [3.05, 3.63) is 33.3 Å². The number of halogens is 2. The Hall–Kier alpha value is -0.130. The Morgan fingerprint density at radius 2 is 2.35 bits per heavy atom. The molecule has 1 aromatic carbocycles. The van der Waals surface area contributed by atoms with E-state index in [2.05, 4.69) is 27.8 Å². The second-order valence-electron chi connectivity index (χ2n) is 5.31. The molecule has 0 saturated carbocycles. The Morgan fingerprint density at radius 3 is 3.10 bits per heavy atom. The van der Waals surface area contributed by atoms with Gasteiger partial charge in [0.05, 0.1) is 12.2 Å². The van der Waals surface area contributed by atoms with Gasteiger partial charge >= 0.3 is 0 Å². The summed E-state index contributed by atoms with van der Waals surface area (Å²) in [6, 6.07) is 5.61. The second-order valence-corrected chi connectivity index (χ2v) is 6.63. The van der Waals surface area contributed by atoms with Crippen LogP contribution in [-0.2, 0) is 4.74 Å². The lowest BCUT2D eigenvalue weighted by Crippen LogP contribution is -2.31. The Labute approximate surface area is 134 Å². The van der Waals surface area contributed by atoms with E-state index in [0.717, 1.165) is 42.7 Å². The van der Waals surface area contributed by atoms with Crippen LogP contribution in [0, 0.1) is 0 Å². The first-order valence-corrected chi connectivity index (χ1v) is 8.20. The van der Waals surface area contributed by atoms with E-state index >= 15 is 0 Å². The zero-order chi connectivity index (χ0) is 14.5. The van der Waals surface area contributed by atoms with Crippen LogP contribution < -0.4 is 0 Å². The number of rotatable bonds is 4. The summed E-state index contributed by atoms with van der Waals surface area (Å²) >= 11 is 9.55. The summed E-state index contributed by atoms with van der Waals surface area (Å²) in [4.78, 5) is 2.35. The van der Waals surface area contributed by atoms with Gasteiger partial charge in [-0.05, 0) is 37.5 Å². The van der Waals surface area contributed by atoms with Gasteiger partial charge in [0.15, 0.2) is 0 Å². The molecule has 0 aromatic heterocycles. The number of hydrogen-bond acceptors (Lipinski definition) is 3. The van der Waals surface area contributed by atoms with E-state index in [1.165, 1.54) is 0 Å². The number of nitrogens with zero attached hydrogens (tertiary/aromatic N) is 1. The molecule has 1 aromatic rings. The highest BCUT2D eigenvalue weighted by molar-refractivity contribution is 9.10. The van der Waals surface area contributed by atoms with Gasteiger partial charge in [0.1, 0.15) is 0 Å². The molecule has 112 valence electrons. The average Bonchev–Trinajstić information content (AvgIpc) is 2.60. The van der Waals surface area contributed by atoms with Crippen molar-refractivity contribution in [2.75, 3.05) is 26.2 Å². The lowest BCUT2D eigenvalue weighted by molar-refractivity contribution is 0.0644. The minimum atomic E-state index is -0.518. The minimum absolute atomic E-state index is 0.269. The van der Waals surface area contributed by atoms with Crippen molar-refractivity contribution in [3.8, 4) is 0 Å². The van der Waals surface area contributed by atoms with E-state index in [-0.39, 0.29) is 6.10 Å². The number of aliphatic hydroxyl groups is 1. The zero-order valence-electron chi connectivity index (χ0n) is 11.7. The third kappa shape index (κ3) is 4.71. The zero-order valence-corrected chi connectivity index (χ0v) is 14.0. The number of hydrogen-bond donors (Lipinski definition) is 1. The summed E-state index contributed by atoms with van der Waals surface area (Å²) in [5, 5.41) is 10.9. The first kappa shape index (κ1) is 16.2. The smallest absolute Gasteiger partial charge is 0.0816 e. The van der Waals surface area contributed by atoms with E-state index in [1.54, 1.807) is 0 Å².